The van der Waals surface area contributed by atoms with Gasteiger partial charge in [0.2, 0.25) is 0 Å². The van der Waals surface area contributed by atoms with Gasteiger partial charge in [0, 0.05) is 6.54 Å². The summed E-state index contributed by atoms with van der Waals surface area (Å²) in [7, 11) is 0. The van der Waals surface area contributed by atoms with Crippen LogP contribution in [0.1, 0.15) is 6.92 Å². The highest BCUT2D eigenvalue weighted by atomic mass is 16.3. The molecular weight excluding hydrogens is 342 g/mol. The maximum Gasteiger partial charge on any atom is 0.286 e. The molecule has 0 saturated carbocycles. The molecular formula is C22H27NO4. The minimum Gasteiger partial charge on any atom is -0.503 e. The number of amides is 1. The first kappa shape index (κ1) is 22.2. The van der Waals surface area contributed by atoms with Gasteiger partial charge < -0.3 is 20.6 Å². The molecule has 1 heterocycles. The molecule has 0 aromatic rings. The molecule has 0 spiro atoms. The maximum atomic E-state index is 11.8. The van der Waals surface area contributed by atoms with Crippen molar-refractivity contribution < 1.29 is 20.1 Å². The average Bonchev–Trinajstić information content (AvgIpc) is 2.65. The molecule has 5 nitrogen and oxygen atoms in total. The topological polar surface area (TPSA) is 89.8 Å². The summed E-state index contributed by atoms with van der Waals surface area (Å²) in [4.78, 5) is 11.8. The van der Waals surface area contributed by atoms with Crippen LogP contribution in [-0.2, 0) is 4.79 Å². The molecule has 0 fully saturated rings. The molecule has 1 aliphatic rings. The van der Waals surface area contributed by atoms with Crippen LogP contribution in [0.4, 0.5) is 0 Å². The van der Waals surface area contributed by atoms with Gasteiger partial charge in [-0.3, -0.25) is 4.79 Å². The number of nitrogens with one attached hydrogen (secondary N) is 1. The molecule has 0 aromatic heterocycles. The predicted molar refractivity (Wildman–Crippen MR) is 109 cm³/mol. The van der Waals surface area contributed by atoms with Crippen LogP contribution >= 0.6 is 0 Å². The third-order valence-electron chi connectivity index (χ3n) is 3.48. The first-order valence-corrected chi connectivity index (χ1v) is 8.74. The van der Waals surface area contributed by atoms with Gasteiger partial charge in [-0.2, -0.15) is 0 Å². The molecule has 0 radical (unpaired) electrons. The van der Waals surface area contributed by atoms with Crippen LogP contribution in [0.25, 0.3) is 0 Å². The molecule has 0 aromatic carbocycles. The molecule has 1 amide bonds. The third-order valence-corrected chi connectivity index (χ3v) is 3.48. The first-order valence-electron chi connectivity index (χ1n) is 8.74. The second kappa shape index (κ2) is 13.3. The van der Waals surface area contributed by atoms with E-state index in [1.54, 1.807) is 12.2 Å². The molecule has 0 bridgehead atoms. The minimum absolute atomic E-state index is 0.115. The molecule has 3 atom stereocenters. The Bertz CT molecular complexity index is 693. The molecule has 5 heteroatoms. The molecule has 0 aliphatic carbocycles. The summed E-state index contributed by atoms with van der Waals surface area (Å²) in [6.45, 7) is 2.36. The Morgan fingerprint density at radius 1 is 0.778 bits per heavy atom. The van der Waals surface area contributed by atoms with E-state index in [9.17, 15) is 20.1 Å². The number of rotatable bonds is 0. The summed E-state index contributed by atoms with van der Waals surface area (Å²) in [5.41, 5.74) is 0. The van der Waals surface area contributed by atoms with Crippen molar-refractivity contribution in [3.8, 4) is 0 Å². The van der Waals surface area contributed by atoms with E-state index in [2.05, 4.69) is 5.32 Å². The van der Waals surface area contributed by atoms with E-state index < -0.39 is 23.9 Å². The van der Waals surface area contributed by atoms with Crippen LogP contribution in [0.15, 0.2) is 96.9 Å². The lowest BCUT2D eigenvalue weighted by Crippen LogP contribution is -2.28. The van der Waals surface area contributed by atoms with Gasteiger partial charge in [0.25, 0.3) is 5.91 Å². The third kappa shape index (κ3) is 10.6. The number of aliphatic hydroxyl groups excluding tert-OH is 3. The lowest BCUT2D eigenvalue weighted by atomic mass is 10.1. The Hall–Kier alpha value is -2.89. The smallest absolute Gasteiger partial charge is 0.286 e. The van der Waals surface area contributed by atoms with E-state index in [-0.39, 0.29) is 5.92 Å². The zero-order valence-corrected chi connectivity index (χ0v) is 15.3. The summed E-state index contributed by atoms with van der Waals surface area (Å²) in [6.07, 6.45) is 23.1. The van der Waals surface area contributed by atoms with Crippen LogP contribution in [0.3, 0.4) is 0 Å². The number of hydrogen-bond donors (Lipinski definition) is 4. The van der Waals surface area contributed by atoms with Gasteiger partial charge in [-0.15, -0.1) is 0 Å². The zero-order chi connectivity index (χ0) is 19.9. The Kier molecular flexibility index (Phi) is 10.9. The fraction of sp³-hybridized carbons (Fsp3) is 0.227. The SMILES string of the molecule is CC1C=CC=CC=CC=CC=CC(O)C(O)C=CC=CC=C(O)C(=O)NC1. The van der Waals surface area contributed by atoms with Crippen LogP contribution in [-0.4, -0.2) is 40.0 Å². The molecule has 1 aliphatic heterocycles. The van der Waals surface area contributed by atoms with Crippen molar-refractivity contribution >= 4 is 5.91 Å². The van der Waals surface area contributed by atoms with E-state index in [1.807, 2.05) is 49.5 Å². The maximum absolute atomic E-state index is 11.8. The summed E-state index contributed by atoms with van der Waals surface area (Å²) in [6, 6.07) is 0. The van der Waals surface area contributed by atoms with Gasteiger partial charge in [-0.05, 0) is 12.0 Å². The summed E-state index contributed by atoms with van der Waals surface area (Å²) < 4.78 is 0. The second-order valence-electron chi connectivity index (χ2n) is 5.91. The van der Waals surface area contributed by atoms with Crippen LogP contribution < -0.4 is 5.32 Å². The molecule has 0 saturated heterocycles. The standard InChI is InChI=1S/C22H27NO4/c1-18-13-9-6-4-2-3-5-7-10-14-19(24)20(25)15-11-8-12-16-21(26)22(27)23-17-18/h2-16,18-20,24-26H,17H2,1H3,(H,23,27). The van der Waals surface area contributed by atoms with Gasteiger partial charge in [0.05, 0.1) is 0 Å². The summed E-state index contributed by atoms with van der Waals surface area (Å²) in [5, 5.41) is 32.0. The van der Waals surface area contributed by atoms with Crippen LogP contribution in [0, 0.1) is 5.92 Å². The van der Waals surface area contributed by atoms with Gasteiger partial charge in [-0.25, -0.2) is 0 Å². The van der Waals surface area contributed by atoms with Crippen molar-refractivity contribution in [1.29, 1.82) is 0 Å². The largest absolute Gasteiger partial charge is 0.503 e. The Labute approximate surface area is 160 Å². The van der Waals surface area contributed by atoms with Gasteiger partial charge in [0.15, 0.2) is 5.76 Å². The minimum atomic E-state index is -1.07. The van der Waals surface area contributed by atoms with Crippen molar-refractivity contribution in [3.05, 3.63) is 96.9 Å². The molecule has 3 unspecified atom stereocenters. The Morgan fingerprint density at radius 2 is 1.22 bits per heavy atom. The van der Waals surface area contributed by atoms with E-state index >= 15 is 0 Å². The fourth-order valence-electron chi connectivity index (χ4n) is 1.92. The number of carbonyl (C=O) groups is 1. The lowest BCUT2D eigenvalue weighted by Gasteiger charge is -2.08. The molecule has 1 rings (SSSR count). The van der Waals surface area contributed by atoms with Gasteiger partial charge >= 0.3 is 0 Å². The van der Waals surface area contributed by atoms with E-state index in [0.29, 0.717) is 6.54 Å². The van der Waals surface area contributed by atoms with Crippen molar-refractivity contribution in [3.63, 3.8) is 0 Å². The second-order valence-corrected chi connectivity index (χ2v) is 5.91. The van der Waals surface area contributed by atoms with E-state index in [1.165, 1.54) is 36.5 Å². The summed E-state index contributed by atoms with van der Waals surface area (Å²) >= 11 is 0. The van der Waals surface area contributed by atoms with Crippen molar-refractivity contribution in [1.82, 2.24) is 5.32 Å². The van der Waals surface area contributed by atoms with Crippen molar-refractivity contribution in [2.24, 2.45) is 5.92 Å². The first-order chi connectivity index (χ1) is 13.0. The normalized spacial score (nSPS) is 25.5. The van der Waals surface area contributed by atoms with E-state index in [4.69, 9.17) is 0 Å². The average molecular weight is 369 g/mol. The molecule has 27 heavy (non-hydrogen) atoms. The number of carbonyl (C=O) groups excluding carboxylic acids is 1. The van der Waals surface area contributed by atoms with Crippen molar-refractivity contribution in [2.75, 3.05) is 6.54 Å². The summed E-state index contributed by atoms with van der Waals surface area (Å²) in [5.74, 6) is -0.847. The Morgan fingerprint density at radius 3 is 1.78 bits per heavy atom. The molecule has 144 valence electrons. The van der Waals surface area contributed by atoms with Gasteiger partial charge in [-0.1, -0.05) is 92.0 Å². The van der Waals surface area contributed by atoms with Crippen LogP contribution in [0.5, 0.6) is 0 Å². The number of allylic oxidation sites excluding steroid dienone is 12. The quantitative estimate of drug-likeness (QED) is 0.529. The highest BCUT2D eigenvalue weighted by Gasteiger charge is 2.08. The predicted octanol–water partition coefficient (Wildman–Crippen LogP) is 2.81. The highest BCUT2D eigenvalue weighted by molar-refractivity contribution is 5.91. The monoisotopic (exact) mass is 369 g/mol. The van der Waals surface area contributed by atoms with Gasteiger partial charge in [0.1, 0.15) is 12.2 Å². The lowest BCUT2D eigenvalue weighted by molar-refractivity contribution is -0.120. The Balaban J connectivity index is 2.87. The molecule has 4 N–H and O–H groups in total. The van der Waals surface area contributed by atoms with Crippen molar-refractivity contribution in [2.45, 2.75) is 19.1 Å². The number of hydrogen-bond acceptors (Lipinski definition) is 4. The highest BCUT2D eigenvalue weighted by Crippen LogP contribution is 2.00. The number of aliphatic hydroxyl groups is 3. The fourth-order valence-corrected chi connectivity index (χ4v) is 1.92. The zero-order valence-electron chi connectivity index (χ0n) is 15.3. The van der Waals surface area contributed by atoms with E-state index in [0.717, 1.165) is 0 Å². The van der Waals surface area contributed by atoms with Crippen LogP contribution in [0.2, 0.25) is 0 Å².